The molecule has 1 aromatic heterocycles. The number of para-hydroxylation sites is 1. The number of hydrogen-bond acceptors (Lipinski definition) is 3. The number of nitrogens with one attached hydrogen (secondary N) is 1. The average molecular weight is 263 g/mol. The molecule has 1 atom stereocenters. The third-order valence-electron chi connectivity index (χ3n) is 2.98. The molecule has 2 rings (SSSR count). The highest BCUT2D eigenvalue weighted by Crippen LogP contribution is 2.24. The Balaban J connectivity index is 2.53. The van der Waals surface area contributed by atoms with Gasteiger partial charge >= 0.3 is 11.3 Å². The van der Waals surface area contributed by atoms with Gasteiger partial charge in [-0.05, 0) is 29.2 Å². The Morgan fingerprint density at radius 3 is 2.58 bits per heavy atom. The first-order valence-corrected chi connectivity index (χ1v) is 6.33. The van der Waals surface area contributed by atoms with Crippen molar-refractivity contribution in [3.8, 4) is 5.69 Å². The molecule has 0 radical (unpaired) electrons. The van der Waals surface area contributed by atoms with Crippen LogP contribution >= 0.6 is 0 Å². The van der Waals surface area contributed by atoms with Gasteiger partial charge in [-0.3, -0.25) is 4.52 Å². The van der Waals surface area contributed by atoms with Crippen molar-refractivity contribution in [3.05, 3.63) is 46.4 Å². The molecule has 0 saturated heterocycles. The van der Waals surface area contributed by atoms with Gasteiger partial charge in [0.2, 0.25) is 5.69 Å². The second-order valence-electron chi connectivity index (χ2n) is 5.37. The fourth-order valence-electron chi connectivity index (χ4n) is 2.38. The largest absolute Gasteiger partial charge is 0.433 e. The lowest BCUT2D eigenvalue weighted by Gasteiger charge is -2.19. The second kappa shape index (κ2) is 5.01. The second-order valence-corrected chi connectivity index (χ2v) is 5.37. The SMILES string of the molecule is CC(C)CC(C)(O)c1c(=O)o[nH][n+]1-c1ccccc1. The standard InChI is InChI=1S/C14H18N2O3/c1-10(2)9-14(3,18)12-13(17)19-15-16(12)11-7-5-4-6-8-11/h4-8,10,18H,9H2,1-3H3/p+1. The smallest absolute Gasteiger partial charge is 0.379 e. The highest BCUT2D eigenvalue weighted by Gasteiger charge is 2.41. The van der Waals surface area contributed by atoms with E-state index in [0.717, 1.165) is 5.69 Å². The molecule has 0 amide bonds. The molecular formula is C14H19N2O3+. The van der Waals surface area contributed by atoms with Gasteiger partial charge in [-0.2, -0.15) is 0 Å². The maximum Gasteiger partial charge on any atom is 0.433 e. The normalized spacial score (nSPS) is 14.6. The van der Waals surface area contributed by atoms with Crippen LogP contribution in [0.2, 0.25) is 0 Å². The molecule has 0 saturated carbocycles. The lowest BCUT2D eigenvalue weighted by Crippen LogP contribution is -2.46. The van der Waals surface area contributed by atoms with Gasteiger partial charge in [-0.25, -0.2) is 4.79 Å². The Morgan fingerprint density at radius 1 is 1.37 bits per heavy atom. The minimum atomic E-state index is -1.25. The van der Waals surface area contributed by atoms with Crippen LogP contribution in [0.1, 0.15) is 32.9 Å². The predicted octanol–water partition coefficient (Wildman–Crippen LogP) is 1.50. The van der Waals surface area contributed by atoms with E-state index in [-0.39, 0.29) is 11.6 Å². The Kier molecular flexibility index (Phi) is 3.57. The van der Waals surface area contributed by atoms with Crippen LogP contribution < -0.4 is 10.3 Å². The van der Waals surface area contributed by atoms with E-state index in [1.807, 2.05) is 44.2 Å². The van der Waals surface area contributed by atoms with Crippen LogP contribution in [0.15, 0.2) is 39.6 Å². The molecule has 1 heterocycles. The summed E-state index contributed by atoms with van der Waals surface area (Å²) >= 11 is 0. The average Bonchev–Trinajstić information content (AvgIpc) is 2.71. The van der Waals surface area contributed by atoms with Gasteiger partial charge in [0.25, 0.3) is 0 Å². The number of nitrogens with zero attached hydrogens (tertiary/aromatic N) is 1. The zero-order valence-corrected chi connectivity index (χ0v) is 11.4. The summed E-state index contributed by atoms with van der Waals surface area (Å²) < 4.78 is 6.33. The summed E-state index contributed by atoms with van der Waals surface area (Å²) in [5.41, 5.74) is -0.834. The molecule has 5 heteroatoms. The summed E-state index contributed by atoms with van der Waals surface area (Å²) in [4.78, 5) is 11.9. The minimum absolute atomic E-state index is 0.215. The first-order valence-electron chi connectivity index (χ1n) is 6.33. The van der Waals surface area contributed by atoms with Crippen molar-refractivity contribution in [2.45, 2.75) is 32.8 Å². The van der Waals surface area contributed by atoms with E-state index >= 15 is 0 Å². The van der Waals surface area contributed by atoms with E-state index in [9.17, 15) is 9.90 Å². The molecule has 19 heavy (non-hydrogen) atoms. The van der Waals surface area contributed by atoms with Gasteiger partial charge < -0.3 is 5.11 Å². The van der Waals surface area contributed by atoms with Crippen LogP contribution in [0.3, 0.4) is 0 Å². The number of hydrogen-bond donors (Lipinski definition) is 2. The Labute approximate surface area is 111 Å². The van der Waals surface area contributed by atoms with E-state index < -0.39 is 11.2 Å². The molecule has 0 aliphatic carbocycles. The monoisotopic (exact) mass is 263 g/mol. The van der Waals surface area contributed by atoms with E-state index in [2.05, 4.69) is 5.27 Å². The minimum Gasteiger partial charge on any atom is -0.379 e. The van der Waals surface area contributed by atoms with E-state index in [1.54, 1.807) is 6.92 Å². The van der Waals surface area contributed by atoms with Crippen molar-refractivity contribution in [2.24, 2.45) is 5.92 Å². The zero-order chi connectivity index (χ0) is 14.0. The van der Waals surface area contributed by atoms with Crippen molar-refractivity contribution in [1.29, 1.82) is 0 Å². The van der Waals surface area contributed by atoms with Crippen LogP contribution in [-0.2, 0) is 5.60 Å². The maximum absolute atomic E-state index is 11.9. The summed E-state index contributed by atoms with van der Waals surface area (Å²) in [5.74, 6) is 0.258. The maximum atomic E-state index is 11.9. The summed E-state index contributed by atoms with van der Waals surface area (Å²) in [6.07, 6.45) is 0.475. The first-order chi connectivity index (χ1) is 8.92. The number of rotatable bonds is 4. The fraction of sp³-hybridized carbons (Fsp3) is 0.429. The molecule has 2 aromatic rings. The highest BCUT2D eigenvalue weighted by molar-refractivity contribution is 5.21. The van der Waals surface area contributed by atoms with Gasteiger partial charge in [-0.15, -0.1) is 0 Å². The van der Waals surface area contributed by atoms with E-state index in [1.165, 1.54) is 4.68 Å². The number of benzene rings is 1. The molecule has 1 aromatic carbocycles. The number of aromatic amines is 1. The number of aliphatic hydroxyl groups is 1. The van der Waals surface area contributed by atoms with Gasteiger partial charge in [0.05, 0.1) is 0 Å². The van der Waals surface area contributed by atoms with Gasteiger partial charge in [0.15, 0.2) is 5.60 Å². The molecule has 0 spiro atoms. The quantitative estimate of drug-likeness (QED) is 0.821. The van der Waals surface area contributed by atoms with Crippen LogP contribution in [0.25, 0.3) is 5.69 Å². The molecule has 0 aliphatic rings. The van der Waals surface area contributed by atoms with Crippen LogP contribution in [-0.4, -0.2) is 10.4 Å². The van der Waals surface area contributed by atoms with E-state index in [0.29, 0.717) is 6.42 Å². The first kappa shape index (κ1) is 13.5. The van der Waals surface area contributed by atoms with Crippen molar-refractivity contribution in [1.82, 2.24) is 5.27 Å². The summed E-state index contributed by atoms with van der Waals surface area (Å²) in [6.45, 7) is 5.62. The van der Waals surface area contributed by atoms with E-state index in [4.69, 9.17) is 4.52 Å². The summed E-state index contributed by atoms with van der Waals surface area (Å²) in [7, 11) is 0. The van der Waals surface area contributed by atoms with Crippen molar-refractivity contribution >= 4 is 0 Å². The molecule has 0 fully saturated rings. The number of aromatic nitrogens is 2. The Morgan fingerprint density at radius 2 is 2.00 bits per heavy atom. The lowest BCUT2D eigenvalue weighted by atomic mass is 9.91. The molecule has 0 bridgehead atoms. The fourth-order valence-corrected chi connectivity index (χ4v) is 2.38. The van der Waals surface area contributed by atoms with Crippen LogP contribution in [0, 0.1) is 5.92 Å². The third kappa shape index (κ3) is 2.76. The zero-order valence-electron chi connectivity index (χ0n) is 11.4. The summed E-state index contributed by atoms with van der Waals surface area (Å²) in [5, 5.41) is 13.1. The Bertz CT molecular complexity index is 597. The molecular weight excluding hydrogens is 244 g/mol. The lowest BCUT2D eigenvalue weighted by molar-refractivity contribution is -0.684. The van der Waals surface area contributed by atoms with Crippen molar-refractivity contribution in [2.75, 3.05) is 0 Å². The topological polar surface area (TPSA) is 70.1 Å². The highest BCUT2D eigenvalue weighted by atomic mass is 16.5. The van der Waals surface area contributed by atoms with Crippen LogP contribution in [0.5, 0.6) is 0 Å². The molecule has 102 valence electrons. The molecule has 0 aliphatic heterocycles. The Hall–Kier alpha value is -1.88. The van der Waals surface area contributed by atoms with Crippen molar-refractivity contribution in [3.63, 3.8) is 0 Å². The third-order valence-corrected chi connectivity index (χ3v) is 2.98. The van der Waals surface area contributed by atoms with Crippen molar-refractivity contribution < 1.29 is 14.3 Å². The predicted molar refractivity (Wildman–Crippen MR) is 69.9 cm³/mol. The van der Waals surface area contributed by atoms with Gasteiger partial charge in [-0.1, -0.05) is 32.0 Å². The number of H-pyrrole nitrogens is 1. The molecule has 5 nitrogen and oxygen atoms in total. The molecule has 2 N–H and O–H groups in total. The molecule has 1 unspecified atom stereocenters. The summed E-state index contributed by atoms with van der Waals surface area (Å²) in [6, 6.07) is 9.26. The van der Waals surface area contributed by atoms with Gasteiger partial charge in [0, 0.05) is 12.1 Å². The van der Waals surface area contributed by atoms with Crippen LogP contribution in [0.4, 0.5) is 0 Å². The van der Waals surface area contributed by atoms with Gasteiger partial charge in [0.1, 0.15) is 0 Å².